The standard InChI is InChI=1S/C14H29N.2C2H6/c1-8-13(3,4)9-12(2)10-14(5,6)11-15-7;2*1-2/h11-12H,8-10H2,1-7H3;2*1-2H3. The van der Waals surface area contributed by atoms with Crippen molar-refractivity contribution in [1.82, 2.24) is 0 Å². The van der Waals surface area contributed by atoms with E-state index >= 15 is 0 Å². The first kappa shape index (κ1) is 23.7. The van der Waals surface area contributed by atoms with Crippen LogP contribution in [0, 0.1) is 16.7 Å². The Morgan fingerprint density at radius 3 is 1.68 bits per heavy atom. The van der Waals surface area contributed by atoms with Gasteiger partial charge in [-0.15, -0.1) is 0 Å². The van der Waals surface area contributed by atoms with Crippen LogP contribution < -0.4 is 0 Å². The molecule has 0 rings (SSSR count). The van der Waals surface area contributed by atoms with E-state index in [9.17, 15) is 0 Å². The largest absolute Gasteiger partial charge is 0.300 e. The predicted molar refractivity (Wildman–Crippen MR) is 93.4 cm³/mol. The number of aliphatic imine (C=N–C) groups is 1. The van der Waals surface area contributed by atoms with Gasteiger partial charge >= 0.3 is 0 Å². The highest BCUT2D eigenvalue weighted by atomic mass is 14.6. The topological polar surface area (TPSA) is 12.4 Å². The van der Waals surface area contributed by atoms with Crippen molar-refractivity contribution >= 4 is 6.21 Å². The average Bonchev–Trinajstić information content (AvgIpc) is 2.32. The Morgan fingerprint density at radius 1 is 0.947 bits per heavy atom. The zero-order valence-corrected chi connectivity index (χ0v) is 15.7. The Hall–Kier alpha value is -0.330. The molecule has 1 unspecified atom stereocenters. The van der Waals surface area contributed by atoms with Crippen LogP contribution >= 0.6 is 0 Å². The summed E-state index contributed by atoms with van der Waals surface area (Å²) in [5.41, 5.74) is 0.733. The van der Waals surface area contributed by atoms with Gasteiger partial charge in [-0.1, -0.05) is 75.7 Å². The van der Waals surface area contributed by atoms with Gasteiger partial charge in [0, 0.05) is 13.3 Å². The van der Waals surface area contributed by atoms with Gasteiger partial charge in [0.2, 0.25) is 0 Å². The molecule has 0 bridgehead atoms. The second-order valence-corrected chi connectivity index (χ2v) is 6.41. The molecule has 1 nitrogen and oxygen atoms in total. The molecule has 0 aromatic rings. The highest BCUT2D eigenvalue weighted by molar-refractivity contribution is 5.64. The maximum absolute atomic E-state index is 4.15. The van der Waals surface area contributed by atoms with E-state index in [0.717, 1.165) is 5.92 Å². The number of hydrogen-bond donors (Lipinski definition) is 0. The van der Waals surface area contributed by atoms with Crippen molar-refractivity contribution in [2.24, 2.45) is 21.7 Å². The maximum atomic E-state index is 4.15. The number of hydrogen-bond acceptors (Lipinski definition) is 1. The number of rotatable bonds is 6. The molecule has 0 N–H and O–H groups in total. The van der Waals surface area contributed by atoms with Gasteiger partial charge in [0.15, 0.2) is 0 Å². The lowest BCUT2D eigenvalue weighted by molar-refractivity contribution is 0.234. The van der Waals surface area contributed by atoms with E-state index < -0.39 is 0 Å². The SMILES string of the molecule is CC.CC.CCC(C)(C)CC(C)CC(C)(C)C=NC. The van der Waals surface area contributed by atoms with Gasteiger partial charge in [0.1, 0.15) is 0 Å². The van der Waals surface area contributed by atoms with Crippen molar-refractivity contribution in [2.45, 2.75) is 88.5 Å². The molecule has 0 fully saturated rings. The third-order valence-electron chi connectivity index (χ3n) is 3.21. The summed E-state index contributed by atoms with van der Waals surface area (Å²) in [5, 5.41) is 0. The molecule has 1 heteroatoms. The summed E-state index contributed by atoms with van der Waals surface area (Å²) in [6, 6.07) is 0. The first-order valence-electron chi connectivity index (χ1n) is 8.16. The minimum Gasteiger partial charge on any atom is -0.300 e. The molecule has 0 saturated heterocycles. The zero-order chi connectivity index (χ0) is 16.1. The van der Waals surface area contributed by atoms with E-state index in [1.54, 1.807) is 0 Å². The van der Waals surface area contributed by atoms with Crippen molar-refractivity contribution in [3.8, 4) is 0 Å². The van der Waals surface area contributed by atoms with Crippen LogP contribution in [0.25, 0.3) is 0 Å². The van der Waals surface area contributed by atoms with Gasteiger partial charge in [-0.2, -0.15) is 0 Å². The molecular weight excluding hydrogens is 230 g/mol. The maximum Gasteiger partial charge on any atom is 0.0273 e. The molecule has 1 atom stereocenters. The Kier molecular flexibility index (Phi) is 15.9. The molecule has 0 aromatic heterocycles. The molecule has 0 spiro atoms. The highest BCUT2D eigenvalue weighted by Gasteiger charge is 2.24. The predicted octanol–water partition coefficient (Wildman–Crippen LogP) is 6.62. The summed E-state index contributed by atoms with van der Waals surface area (Å²) in [6.45, 7) is 21.9. The van der Waals surface area contributed by atoms with Crippen molar-refractivity contribution < 1.29 is 0 Å². The van der Waals surface area contributed by atoms with E-state index in [1.807, 2.05) is 34.7 Å². The third-order valence-corrected chi connectivity index (χ3v) is 3.21. The van der Waals surface area contributed by atoms with Gasteiger partial charge in [-0.25, -0.2) is 0 Å². The first-order chi connectivity index (χ1) is 8.72. The lowest BCUT2D eigenvalue weighted by Gasteiger charge is -2.30. The molecule has 0 radical (unpaired) electrons. The summed E-state index contributed by atoms with van der Waals surface area (Å²) >= 11 is 0. The summed E-state index contributed by atoms with van der Waals surface area (Å²) in [7, 11) is 1.86. The fraction of sp³-hybridized carbons (Fsp3) is 0.944. The second-order valence-electron chi connectivity index (χ2n) is 6.41. The van der Waals surface area contributed by atoms with Crippen LogP contribution in [-0.2, 0) is 0 Å². The van der Waals surface area contributed by atoms with Gasteiger partial charge < -0.3 is 4.99 Å². The van der Waals surface area contributed by atoms with E-state index in [-0.39, 0.29) is 5.41 Å². The summed E-state index contributed by atoms with van der Waals surface area (Å²) in [5.74, 6) is 0.771. The van der Waals surface area contributed by atoms with Crippen molar-refractivity contribution in [1.29, 1.82) is 0 Å². The Balaban J connectivity index is -0.000000579. The van der Waals surface area contributed by atoms with Crippen molar-refractivity contribution in [3.63, 3.8) is 0 Å². The fourth-order valence-electron chi connectivity index (χ4n) is 2.46. The lowest BCUT2D eigenvalue weighted by Crippen LogP contribution is -2.21. The lowest BCUT2D eigenvalue weighted by atomic mass is 9.75. The van der Waals surface area contributed by atoms with E-state index in [0.29, 0.717) is 5.41 Å². The van der Waals surface area contributed by atoms with Crippen LogP contribution in [0.1, 0.15) is 88.5 Å². The first-order valence-corrected chi connectivity index (χ1v) is 8.16. The monoisotopic (exact) mass is 271 g/mol. The molecule has 0 aliphatic heterocycles. The van der Waals surface area contributed by atoms with Crippen LogP contribution in [0.4, 0.5) is 0 Å². The molecule has 0 heterocycles. The second kappa shape index (κ2) is 12.7. The molecule has 0 saturated carbocycles. The molecule has 0 aliphatic rings. The van der Waals surface area contributed by atoms with Gasteiger partial charge in [-0.05, 0) is 29.6 Å². The van der Waals surface area contributed by atoms with E-state index in [2.05, 4.69) is 52.7 Å². The third kappa shape index (κ3) is 15.6. The summed E-state index contributed by atoms with van der Waals surface area (Å²) < 4.78 is 0. The fourth-order valence-corrected chi connectivity index (χ4v) is 2.46. The molecule has 19 heavy (non-hydrogen) atoms. The average molecular weight is 272 g/mol. The van der Waals surface area contributed by atoms with E-state index in [1.165, 1.54) is 19.3 Å². The van der Waals surface area contributed by atoms with Gasteiger partial charge in [-0.3, -0.25) is 0 Å². The molecule has 0 amide bonds. The Morgan fingerprint density at radius 2 is 1.37 bits per heavy atom. The van der Waals surface area contributed by atoms with Crippen LogP contribution in [-0.4, -0.2) is 13.3 Å². The minimum atomic E-state index is 0.248. The number of nitrogens with zero attached hydrogens (tertiary/aromatic N) is 1. The Labute approximate surface area is 124 Å². The molecule has 0 aromatic carbocycles. The van der Waals surface area contributed by atoms with Crippen molar-refractivity contribution in [2.75, 3.05) is 7.05 Å². The van der Waals surface area contributed by atoms with Crippen LogP contribution in [0.2, 0.25) is 0 Å². The summed E-state index contributed by atoms with van der Waals surface area (Å²) in [4.78, 5) is 4.15. The van der Waals surface area contributed by atoms with Crippen LogP contribution in [0.3, 0.4) is 0 Å². The minimum absolute atomic E-state index is 0.248. The normalized spacial score (nSPS) is 13.2. The molecular formula is C18H41N. The van der Waals surface area contributed by atoms with Crippen LogP contribution in [0.15, 0.2) is 4.99 Å². The summed E-state index contributed by atoms with van der Waals surface area (Å²) in [6.07, 6.45) is 5.89. The van der Waals surface area contributed by atoms with Crippen molar-refractivity contribution in [3.05, 3.63) is 0 Å². The molecule has 118 valence electrons. The van der Waals surface area contributed by atoms with Gasteiger partial charge in [0.25, 0.3) is 0 Å². The quantitative estimate of drug-likeness (QED) is 0.481. The Bertz CT molecular complexity index is 202. The molecule has 0 aliphatic carbocycles. The zero-order valence-electron chi connectivity index (χ0n) is 15.7. The highest BCUT2D eigenvalue weighted by Crippen LogP contribution is 2.34. The smallest absolute Gasteiger partial charge is 0.0273 e. The van der Waals surface area contributed by atoms with Crippen LogP contribution in [0.5, 0.6) is 0 Å². The van der Waals surface area contributed by atoms with Gasteiger partial charge in [0.05, 0.1) is 0 Å². The van der Waals surface area contributed by atoms with E-state index in [4.69, 9.17) is 0 Å².